The molecule has 0 aliphatic carbocycles. The number of aryl methyl sites for hydroxylation is 2. The number of nitrogens with zero attached hydrogens (tertiary/aromatic N) is 4. The van der Waals surface area contributed by atoms with E-state index in [2.05, 4.69) is 15.1 Å². The molecule has 0 radical (unpaired) electrons. The fourth-order valence-corrected chi connectivity index (χ4v) is 1.51. The third-order valence-corrected chi connectivity index (χ3v) is 2.32. The van der Waals surface area contributed by atoms with Crippen LogP contribution in [0.25, 0.3) is 5.82 Å². The van der Waals surface area contributed by atoms with E-state index in [1.807, 2.05) is 26.0 Å². The highest BCUT2D eigenvalue weighted by Crippen LogP contribution is 2.10. The van der Waals surface area contributed by atoms with Crippen molar-refractivity contribution in [1.82, 2.24) is 19.7 Å². The third-order valence-electron chi connectivity index (χ3n) is 2.32. The molecule has 16 heavy (non-hydrogen) atoms. The molecule has 0 fully saturated rings. The average Bonchev–Trinajstić information content (AvgIpc) is 2.72. The Balaban J connectivity index is 2.50. The largest absolute Gasteiger partial charge is 0.384 e. The van der Waals surface area contributed by atoms with Crippen molar-refractivity contribution in [2.75, 3.05) is 5.73 Å². The van der Waals surface area contributed by atoms with E-state index in [1.54, 1.807) is 10.7 Å². The molecular formula is C11H15N5. The van der Waals surface area contributed by atoms with Crippen molar-refractivity contribution in [1.29, 1.82) is 0 Å². The molecule has 0 saturated carbocycles. The van der Waals surface area contributed by atoms with Crippen molar-refractivity contribution in [3.8, 4) is 5.82 Å². The molecule has 0 atom stereocenters. The number of anilines is 1. The zero-order chi connectivity index (χ0) is 11.5. The number of hydrogen-bond donors (Lipinski definition) is 1. The van der Waals surface area contributed by atoms with E-state index >= 15 is 0 Å². The lowest BCUT2D eigenvalue weighted by Gasteiger charge is -2.03. The van der Waals surface area contributed by atoms with Crippen molar-refractivity contribution in [2.24, 2.45) is 0 Å². The highest BCUT2D eigenvalue weighted by atomic mass is 15.4. The van der Waals surface area contributed by atoms with Crippen LogP contribution in [-0.2, 0) is 12.8 Å². The first kappa shape index (κ1) is 10.6. The van der Waals surface area contributed by atoms with Crippen molar-refractivity contribution < 1.29 is 0 Å². The van der Waals surface area contributed by atoms with Crippen LogP contribution < -0.4 is 5.73 Å². The van der Waals surface area contributed by atoms with Crippen molar-refractivity contribution in [2.45, 2.75) is 26.7 Å². The van der Waals surface area contributed by atoms with E-state index in [9.17, 15) is 0 Å². The molecule has 0 amide bonds. The summed E-state index contributed by atoms with van der Waals surface area (Å²) >= 11 is 0. The van der Waals surface area contributed by atoms with Crippen LogP contribution in [0.3, 0.4) is 0 Å². The molecule has 0 spiro atoms. The van der Waals surface area contributed by atoms with E-state index in [4.69, 9.17) is 5.73 Å². The van der Waals surface area contributed by atoms with Gasteiger partial charge in [-0.05, 0) is 12.1 Å². The first-order chi connectivity index (χ1) is 7.74. The monoisotopic (exact) mass is 217 g/mol. The minimum atomic E-state index is 0.494. The summed E-state index contributed by atoms with van der Waals surface area (Å²) in [5.41, 5.74) is 5.65. The van der Waals surface area contributed by atoms with Gasteiger partial charge in [0, 0.05) is 12.8 Å². The van der Waals surface area contributed by atoms with Gasteiger partial charge < -0.3 is 5.73 Å². The number of rotatable bonds is 3. The predicted octanol–water partition coefficient (Wildman–Crippen LogP) is 1.37. The standard InChI is InChI=1S/C11H15N5/c1-3-9-14-10(4-2)16(15-9)11-7-5-6-8(12)13-11/h5-7H,3-4H2,1-2H3,(H2,12,13). The Kier molecular flexibility index (Phi) is 2.85. The van der Waals surface area contributed by atoms with E-state index in [-0.39, 0.29) is 0 Å². The van der Waals surface area contributed by atoms with Crippen molar-refractivity contribution in [3.63, 3.8) is 0 Å². The van der Waals surface area contributed by atoms with Crippen LogP contribution >= 0.6 is 0 Å². The van der Waals surface area contributed by atoms with Gasteiger partial charge in [0.05, 0.1) is 0 Å². The Labute approximate surface area is 94.3 Å². The van der Waals surface area contributed by atoms with Gasteiger partial charge in [-0.3, -0.25) is 0 Å². The Morgan fingerprint density at radius 2 is 2.00 bits per heavy atom. The van der Waals surface area contributed by atoms with Gasteiger partial charge in [0.2, 0.25) is 0 Å². The van der Waals surface area contributed by atoms with Crippen LogP contribution in [0.1, 0.15) is 25.5 Å². The summed E-state index contributed by atoms with van der Waals surface area (Å²) in [5, 5.41) is 4.40. The summed E-state index contributed by atoms with van der Waals surface area (Å²) in [7, 11) is 0. The maximum absolute atomic E-state index is 5.65. The van der Waals surface area contributed by atoms with Crippen molar-refractivity contribution >= 4 is 5.82 Å². The fourth-order valence-electron chi connectivity index (χ4n) is 1.51. The first-order valence-corrected chi connectivity index (χ1v) is 5.42. The van der Waals surface area contributed by atoms with Gasteiger partial charge in [-0.2, -0.15) is 4.68 Å². The molecule has 5 nitrogen and oxygen atoms in total. The maximum Gasteiger partial charge on any atom is 0.157 e. The molecule has 84 valence electrons. The summed E-state index contributed by atoms with van der Waals surface area (Å²) in [6, 6.07) is 5.50. The summed E-state index contributed by atoms with van der Waals surface area (Å²) in [4.78, 5) is 8.66. The molecule has 5 heteroatoms. The Morgan fingerprint density at radius 3 is 2.62 bits per heavy atom. The minimum Gasteiger partial charge on any atom is -0.384 e. The second-order valence-corrected chi connectivity index (χ2v) is 3.48. The molecule has 0 unspecified atom stereocenters. The maximum atomic E-state index is 5.65. The number of nitrogen functional groups attached to an aromatic ring is 1. The molecule has 0 saturated heterocycles. The summed E-state index contributed by atoms with van der Waals surface area (Å²) in [6.07, 6.45) is 1.64. The molecule has 2 heterocycles. The van der Waals surface area contributed by atoms with E-state index < -0.39 is 0 Å². The molecule has 2 N–H and O–H groups in total. The van der Waals surface area contributed by atoms with Gasteiger partial charge >= 0.3 is 0 Å². The number of aromatic nitrogens is 4. The fraction of sp³-hybridized carbons (Fsp3) is 0.364. The second kappa shape index (κ2) is 4.30. The molecule has 0 aromatic carbocycles. The van der Waals surface area contributed by atoms with Crippen LogP contribution in [-0.4, -0.2) is 19.7 Å². The smallest absolute Gasteiger partial charge is 0.157 e. The Morgan fingerprint density at radius 1 is 1.19 bits per heavy atom. The second-order valence-electron chi connectivity index (χ2n) is 3.48. The zero-order valence-electron chi connectivity index (χ0n) is 9.51. The first-order valence-electron chi connectivity index (χ1n) is 5.42. The number of nitrogens with two attached hydrogens (primary N) is 1. The third kappa shape index (κ3) is 1.88. The molecule has 2 aromatic rings. The predicted molar refractivity (Wildman–Crippen MR) is 62.3 cm³/mol. The normalized spacial score (nSPS) is 10.6. The number of pyridine rings is 1. The van der Waals surface area contributed by atoms with Gasteiger partial charge in [-0.1, -0.05) is 19.9 Å². The number of hydrogen-bond acceptors (Lipinski definition) is 4. The quantitative estimate of drug-likeness (QED) is 0.843. The Bertz CT molecular complexity index is 489. The Hall–Kier alpha value is -1.91. The van der Waals surface area contributed by atoms with Crippen LogP contribution in [0.15, 0.2) is 18.2 Å². The molecule has 0 bridgehead atoms. The van der Waals surface area contributed by atoms with Crippen LogP contribution in [0.4, 0.5) is 5.82 Å². The van der Waals surface area contributed by atoms with Crippen molar-refractivity contribution in [3.05, 3.63) is 29.8 Å². The van der Waals surface area contributed by atoms with Crippen LogP contribution in [0.2, 0.25) is 0 Å². The van der Waals surface area contributed by atoms with E-state index in [0.717, 1.165) is 30.3 Å². The summed E-state index contributed by atoms with van der Waals surface area (Å²) < 4.78 is 1.76. The van der Waals surface area contributed by atoms with Crippen LogP contribution in [0, 0.1) is 0 Å². The molecule has 0 aliphatic heterocycles. The molecule has 0 aliphatic rings. The van der Waals surface area contributed by atoms with Gasteiger partial charge in [0.1, 0.15) is 11.6 Å². The van der Waals surface area contributed by atoms with Gasteiger partial charge in [0.25, 0.3) is 0 Å². The minimum absolute atomic E-state index is 0.494. The van der Waals surface area contributed by atoms with E-state index in [0.29, 0.717) is 5.82 Å². The molecular weight excluding hydrogens is 202 g/mol. The lowest BCUT2D eigenvalue weighted by atomic mass is 10.4. The molecule has 2 rings (SSSR count). The zero-order valence-corrected chi connectivity index (χ0v) is 9.51. The van der Waals surface area contributed by atoms with Crippen LogP contribution in [0.5, 0.6) is 0 Å². The lowest BCUT2D eigenvalue weighted by molar-refractivity contribution is 0.770. The van der Waals surface area contributed by atoms with Gasteiger partial charge in [-0.15, -0.1) is 5.10 Å². The highest BCUT2D eigenvalue weighted by Gasteiger charge is 2.09. The molecule has 2 aromatic heterocycles. The highest BCUT2D eigenvalue weighted by molar-refractivity contribution is 5.35. The SMILES string of the molecule is CCc1nc(CC)n(-c2cccc(N)n2)n1. The topological polar surface area (TPSA) is 69.6 Å². The lowest BCUT2D eigenvalue weighted by Crippen LogP contribution is -2.05. The van der Waals surface area contributed by atoms with E-state index in [1.165, 1.54) is 0 Å². The summed E-state index contributed by atoms with van der Waals surface area (Å²) in [6.45, 7) is 4.08. The average molecular weight is 217 g/mol. The van der Waals surface area contributed by atoms with Gasteiger partial charge in [0.15, 0.2) is 11.6 Å². The van der Waals surface area contributed by atoms with Gasteiger partial charge in [-0.25, -0.2) is 9.97 Å². The summed E-state index contributed by atoms with van der Waals surface area (Å²) in [5.74, 6) is 2.97.